The number of piperazine rings is 1. The van der Waals surface area contributed by atoms with E-state index in [0.29, 0.717) is 5.52 Å². The van der Waals surface area contributed by atoms with Gasteiger partial charge in [0.15, 0.2) is 0 Å². The molecule has 0 spiro atoms. The van der Waals surface area contributed by atoms with Crippen molar-refractivity contribution in [3.05, 3.63) is 59.9 Å². The van der Waals surface area contributed by atoms with Crippen LogP contribution >= 0.6 is 0 Å². The second kappa shape index (κ2) is 6.72. The number of fused-ring (bicyclic) bond motifs is 1. The molecular weight excluding hydrogens is 317 g/mol. The molecular formula is C19H20FN5. The standard InChI is InChI=1S/C19H20FN5/c1-14-3-2-6-21-18(14)12-24-7-9-25(10-8-24)19-16-5-4-15(20)11-17(16)22-13-23-19/h2-6,11,13H,7-10,12H2,1H3. The Bertz CT molecular complexity index is 890. The first-order valence-corrected chi connectivity index (χ1v) is 8.49. The monoisotopic (exact) mass is 337 g/mol. The molecule has 0 radical (unpaired) electrons. The van der Waals surface area contributed by atoms with E-state index in [9.17, 15) is 4.39 Å². The van der Waals surface area contributed by atoms with Gasteiger partial charge in [0, 0.05) is 50.4 Å². The minimum atomic E-state index is -0.271. The van der Waals surface area contributed by atoms with Crippen LogP contribution in [0.25, 0.3) is 10.9 Å². The fourth-order valence-electron chi connectivity index (χ4n) is 3.28. The van der Waals surface area contributed by atoms with Crippen LogP contribution in [0.2, 0.25) is 0 Å². The second-order valence-electron chi connectivity index (χ2n) is 6.39. The van der Waals surface area contributed by atoms with Gasteiger partial charge in [-0.25, -0.2) is 14.4 Å². The quantitative estimate of drug-likeness (QED) is 0.735. The minimum Gasteiger partial charge on any atom is -0.353 e. The maximum atomic E-state index is 13.4. The van der Waals surface area contributed by atoms with Gasteiger partial charge in [0.05, 0.1) is 11.2 Å². The van der Waals surface area contributed by atoms with Crippen LogP contribution in [0.5, 0.6) is 0 Å². The van der Waals surface area contributed by atoms with Crippen molar-refractivity contribution in [2.24, 2.45) is 0 Å². The molecule has 1 saturated heterocycles. The minimum absolute atomic E-state index is 0.271. The first kappa shape index (κ1) is 15.9. The summed E-state index contributed by atoms with van der Waals surface area (Å²) in [5.41, 5.74) is 3.02. The van der Waals surface area contributed by atoms with Gasteiger partial charge in [-0.05, 0) is 30.7 Å². The molecule has 0 saturated carbocycles. The van der Waals surface area contributed by atoms with Gasteiger partial charge in [0.2, 0.25) is 0 Å². The van der Waals surface area contributed by atoms with E-state index >= 15 is 0 Å². The predicted molar refractivity (Wildman–Crippen MR) is 96.0 cm³/mol. The van der Waals surface area contributed by atoms with Crippen LogP contribution in [-0.4, -0.2) is 46.0 Å². The molecule has 1 fully saturated rings. The van der Waals surface area contributed by atoms with Gasteiger partial charge in [-0.1, -0.05) is 6.07 Å². The van der Waals surface area contributed by atoms with E-state index < -0.39 is 0 Å². The number of hydrogen-bond donors (Lipinski definition) is 0. The number of anilines is 1. The molecule has 3 heterocycles. The first-order valence-electron chi connectivity index (χ1n) is 8.49. The second-order valence-corrected chi connectivity index (χ2v) is 6.39. The van der Waals surface area contributed by atoms with Crippen molar-refractivity contribution in [3.63, 3.8) is 0 Å². The van der Waals surface area contributed by atoms with E-state index in [4.69, 9.17) is 0 Å². The van der Waals surface area contributed by atoms with E-state index in [1.807, 2.05) is 12.3 Å². The van der Waals surface area contributed by atoms with E-state index in [-0.39, 0.29) is 5.82 Å². The zero-order valence-corrected chi connectivity index (χ0v) is 14.2. The van der Waals surface area contributed by atoms with Crippen molar-refractivity contribution in [1.82, 2.24) is 19.9 Å². The lowest BCUT2D eigenvalue weighted by molar-refractivity contribution is 0.246. The summed E-state index contributed by atoms with van der Waals surface area (Å²) in [6.07, 6.45) is 3.37. The number of rotatable bonds is 3. The maximum absolute atomic E-state index is 13.4. The molecule has 1 aromatic carbocycles. The molecule has 0 N–H and O–H groups in total. The number of aromatic nitrogens is 3. The lowest BCUT2D eigenvalue weighted by Crippen LogP contribution is -2.46. The van der Waals surface area contributed by atoms with Crippen molar-refractivity contribution in [1.29, 1.82) is 0 Å². The third kappa shape index (κ3) is 3.30. The Labute approximate surface area is 146 Å². The molecule has 5 nitrogen and oxygen atoms in total. The summed E-state index contributed by atoms with van der Waals surface area (Å²) in [5, 5.41) is 0.901. The van der Waals surface area contributed by atoms with Crippen molar-refractivity contribution < 1.29 is 4.39 Å². The SMILES string of the molecule is Cc1cccnc1CN1CCN(c2ncnc3cc(F)ccc23)CC1. The average Bonchev–Trinajstić information content (AvgIpc) is 2.63. The fraction of sp³-hybridized carbons (Fsp3) is 0.316. The molecule has 0 bridgehead atoms. The van der Waals surface area contributed by atoms with Crippen LogP contribution in [0.1, 0.15) is 11.3 Å². The van der Waals surface area contributed by atoms with Crippen LogP contribution in [-0.2, 0) is 6.54 Å². The van der Waals surface area contributed by atoms with Crippen LogP contribution in [0.3, 0.4) is 0 Å². The summed E-state index contributed by atoms with van der Waals surface area (Å²) in [5.74, 6) is 0.617. The summed E-state index contributed by atoms with van der Waals surface area (Å²) in [4.78, 5) is 17.8. The molecule has 2 aromatic heterocycles. The molecule has 25 heavy (non-hydrogen) atoms. The summed E-state index contributed by atoms with van der Waals surface area (Å²) < 4.78 is 13.4. The Morgan fingerprint density at radius 2 is 1.88 bits per heavy atom. The predicted octanol–water partition coefficient (Wildman–Crippen LogP) is 2.79. The number of aryl methyl sites for hydroxylation is 1. The molecule has 0 atom stereocenters. The van der Waals surface area contributed by atoms with Crippen molar-refractivity contribution in [3.8, 4) is 0 Å². The highest BCUT2D eigenvalue weighted by atomic mass is 19.1. The van der Waals surface area contributed by atoms with E-state index in [1.54, 1.807) is 6.07 Å². The van der Waals surface area contributed by atoms with Crippen molar-refractivity contribution in [2.75, 3.05) is 31.1 Å². The molecule has 0 unspecified atom stereocenters. The third-order valence-corrected chi connectivity index (χ3v) is 4.74. The lowest BCUT2D eigenvalue weighted by Gasteiger charge is -2.35. The highest BCUT2D eigenvalue weighted by molar-refractivity contribution is 5.89. The fourth-order valence-corrected chi connectivity index (χ4v) is 3.28. The topological polar surface area (TPSA) is 45.2 Å². The molecule has 0 amide bonds. The number of benzene rings is 1. The molecule has 3 aromatic rings. The normalized spacial score (nSPS) is 15.7. The Morgan fingerprint density at radius 3 is 2.68 bits per heavy atom. The number of hydrogen-bond acceptors (Lipinski definition) is 5. The zero-order chi connectivity index (χ0) is 17.2. The zero-order valence-electron chi connectivity index (χ0n) is 14.2. The van der Waals surface area contributed by atoms with E-state index in [1.165, 1.54) is 24.0 Å². The first-order chi connectivity index (χ1) is 12.2. The van der Waals surface area contributed by atoms with Crippen LogP contribution < -0.4 is 4.90 Å². The summed E-state index contributed by atoms with van der Waals surface area (Å²) >= 11 is 0. The van der Waals surface area contributed by atoms with Crippen molar-refractivity contribution in [2.45, 2.75) is 13.5 Å². The van der Waals surface area contributed by atoms with Gasteiger partial charge in [-0.3, -0.25) is 9.88 Å². The van der Waals surface area contributed by atoms with E-state index in [0.717, 1.165) is 49.6 Å². The summed E-state index contributed by atoms with van der Waals surface area (Å²) in [6.45, 7) is 6.64. The summed E-state index contributed by atoms with van der Waals surface area (Å²) in [6, 6.07) is 8.77. The Hall–Kier alpha value is -2.60. The van der Waals surface area contributed by atoms with Gasteiger partial charge in [0.25, 0.3) is 0 Å². The highest BCUT2D eigenvalue weighted by Crippen LogP contribution is 2.24. The van der Waals surface area contributed by atoms with Gasteiger partial charge in [-0.2, -0.15) is 0 Å². The average molecular weight is 337 g/mol. The highest BCUT2D eigenvalue weighted by Gasteiger charge is 2.20. The Kier molecular flexibility index (Phi) is 4.28. The molecule has 0 aliphatic carbocycles. The lowest BCUT2D eigenvalue weighted by atomic mass is 10.2. The Balaban J connectivity index is 1.48. The molecule has 128 valence electrons. The maximum Gasteiger partial charge on any atom is 0.139 e. The van der Waals surface area contributed by atoms with Gasteiger partial charge < -0.3 is 4.90 Å². The Morgan fingerprint density at radius 1 is 1.04 bits per heavy atom. The van der Waals surface area contributed by atoms with Gasteiger partial charge in [-0.15, -0.1) is 0 Å². The third-order valence-electron chi connectivity index (χ3n) is 4.74. The molecule has 1 aliphatic heterocycles. The number of nitrogens with zero attached hydrogens (tertiary/aromatic N) is 5. The smallest absolute Gasteiger partial charge is 0.139 e. The van der Waals surface area contributed by atoms with Crippen LogP contribution in [0.4, 0.5) is 10.2 Å². The van der Waals surface area contributed by atoms with Gasteiger partial charge >= 0.3 is 0 Å². The van der Waals surface area contributed by atoms with Crippen LogP contribution in [0.15, 0.2) is 42.9 Å². The largest absolute Gasteiger partial charge is 0.353 e. The molecule has 1 aliphatic rings. The van der Waals surface area contributed by atoms with Crippen molar-refractivity contribution >= 4 is 16.7 Å². The molecule has 4 rings (SSSR count). The number of halogens is 1. The van der Waals surface area contributed by atoms with Crippen LogP contribution in [0, 0.1) is 12.7 Å². The van der Waals surface area contributed by atoms with Gasteiger partial charge in [0.1, 0.15) is 18.0 Å². The van der Waals surface area contributed by atoms with E-state index in [2.05, 4.69) is 37.7 Å². The number of pyridine rings is 1. The molecule has 6 heteroatoms. The summed E-state index contributed by atoms with van der Waals surface area (Å²) in [7, 11) is 0.